The quantitative estimate of drug-likeness (QED) is 0.907. The van der Waals surface area contributed by atoms with Gasteiger partial charge in [0.2, 0.25) is 11.8 Å². The van der Waals surface area contributed by atoms with Gasteiger partial charge < -0.3 is 15.4 Å². The van der Waals surface area contributed by atoms with Crippen LogP contribution in [0.3, 0.4) is 0 Å². The van der Waals surface area contributed by atoms with Crippen molar-refractivity contribution in [2.75, 3.05) is 43.9 Å². The third-order valence-electron chi connectivity index (χ3n) is 7.20. The summed E-state index contributed by atoms with van der Waals surface area (Å²) in [5.74, 6) is 4.76. The van der Waals surface area contributed by atoms with Gasteiger partial charge in [-0.3, -0.25) is 4.90 Å². The molecule has 4 saturated carbocycles. The minimum atomic E-state index is 0.290. The van der Waals surface area contributed by atoms with E-state index in [1.165, 1.54) is 38.5 Å². The number of aromatic nitrogens is 2. The van der Waals surface area contributed by atoms with Crippen molar-refractivity contribution in [1.82, 2.24) is 14.9 Å². The molecule has 4 bridgehead atoms. The maximum atomic E-state index is 5.83. The lowest BCUT2D eigenvalue weighted by molar-refractivity contribution is -0.0901. The van der Waals surface area contributed by atoms with Crippen LogP contribution in [-0.4, -0.2) is 53.7 Å². The van der Waals surface area contributed by atoms with Gasteiger partial charge in [0, 0.05) is 37.8 Å². The molecular formula is C19H29N5O. The number of nitrogens with two attached hydrogens (primary N) is 1. The first-order valence-corrected chi connectivity index (χ1v) is 9.82. The van der Waals surface area contributed by atoms with Crippen molar-refractivity contribution in [2.45, 2.75) is 44.1 Å². The van der Waals surface area contributed by atoms with Crippen LogP contribution in [0, 0.1) is 17.8 Å². The highest BCUT2D eigenvalue weighted by Crippen LogP contribution is 2.57. The number of rotatable bonds is 3. The Morgan fingerprint density at radius 1 is 1.00 bits per heavy atom. The summed E-state index contributed by atoms with van der Waals surface area (Å²) >= 11 is 0. The number of methoxy groups -OCH3 is 1. The molecule has 136 valence electrons. The summed E-state index contributed by atoms with van der Waals surface area (Å²) in [7, 11) is 1.62. The molecule has 5 aliphatic rings. The lowest BCUT2D eigenvalue weighted by Gasteiger charge is -2.61. The van der Waals surface area contributed by atoms with Crippen molar-refractivity contribution < 1.29 is 4.74 Å². The van der Waals surface area contributed by atoms with Crippen LogP contribution in [0.15, 0.2) is 6.07 Å². The van der Waals surface area contributed by atoms with Gasteiger partial charge in [0.25, 0.3) is 0 Å². The molecule has 5 fully saturated rings. The third kappa shape index (κ3) is 2.65. The van der Waals surface area contributed by atoms with Crippen LogP contribution in [0.1, 0.15) is 38.5 Å². The van der Waals surface area contributed by atoms with E-state index in [4.69, 9.17) is 10.5 Å². The summed E-state index contributed by atoms with van der Waals surface area (Å²) in [5.41, 5.74) is 6.35. The predicted molar refractivity (Wildman–Crippen MR) is 97.7 cm³/mol. The highest BCUT2D eigenvalue weighted by atomic mass is 16.5. The van der Waals surface area contributed by atoms with Gasteiger partial charge in [0.05, 0.1) is 7.11 Å². The molecular weight excluding hydrogens is 314 g/mol. The van der Waals surface area contributed by atoms with Crippen LogP contribution < -0.4 is 15.4 Å². The maximum Gasteiger partial charge on any atom is 0.225 e. The van der Waals surface area contributed by atoms with Crippen molar-refractivity contribution in [1.29, 1.82) is 0 Å². The van der Waals surface area contributed by atoms with E-state index in [0.29, 0.717) is 11.4 Å². The van der Waals surface area contributed by atoms with Crippen molar-refractivity contribution >= 4 is 11.8 Å². The molecule has 4 aliphatic carbocycles. The molecule has 6 heteroatoms. The Morgan fingerprint density at radius 2 is 1.60 bits per heavy atom. The Kier molecular flexibility index (Phi) is 3.59. The first kappa shape index (κ1) is 15.7. The van der Waals surface area contributed by atoms with Crippen LogP contribution in [0.2, 0.25) is 0 Å². The normalized spacial score (nSPS) is 37.5. The molecule has 1 aromatic heterocycles. The van der Waals surface area contributed by atoms with Crippen molar-refractivity contribution in [2.24, 2.45) is 17.8 Å². The van der Waals surface area contributed by atoms with Gasteiger partial charge in [-0.05, 0) is 56.3 Å². The Labute approximate surface area is 149 Å². The smallest absolute Gasteiger partial charge is 0.225 e. The molecule has 1 saturated heterocycles. The standard InChI is InChI=1S/C19H29N5O/c1-25-17-9-16(21-18(20)22-17)23-2-4-24(5-3-23)19-10-13-6-14(11-19)8-15(7-13)12-19/h9,13-15H,2-8,10-12H2,1H3,(H2,20,21,22). The fraction of sp³-hybridized carbons (Fsp3) is 0.789. The predicted octanol–water partition coefficient (Wildman–Crippen LogP) is 2.16. The molecule has 1 aliphatic heterocycles. The third-order valence-corrected chi connectivity index (χ3v) is 7.20. The van der Waals surface area contributed by atoms with Crippen LogP contribution in [0.25, 0.3) is 0 Å². The van der Waals surface area contributed by atoms with Crippen LogP contribution in [-0.2, 0) is 0 Å². The number of piperazine rings is 1. The average Bonchev–Trinajstić information content (AvgIpc) is 2.60. The summed E-state index contributed by atoms with van der Waals surface area (Å²) < 4.78 is 5.24. The van der Waals surface area contributed by atoms with Crippen LogP contribution in [0.5, 0.6) is 5.88 Å². The molecule has 6 rings (SSSR count). The summed E-state index contributed by atoms with van der Waals surface area (Å²) in [4.78, 5) is 13.7. The fourth-order valence-electron chi connectivity index (χ4n) is 6.56. The molecule has 25 heavy (non-hydrogen) atoms. The van der Waals surface area contributed by atoms with Gasteiger partial charge in [0.1, 0.15) is 5.82 Å². The number of nitrogen functional groups attached to an aromatic ring is 1. The van der Waals surface area contributed by atoms with Crippen LogP contribution >= 0.6 is 0 Å². The van der Waals surface area contributed by atoms with Gasteiger partial charge in [-0.2, -0.15) is 9.97 Å². The number of hydrogen-bond acceptors (Lipinski definition) is 6. The number of anilines is 2. The van der Waals surface area contributed by atoms with Gasteiger partial charge >= 0.3 is 0 Å². The van der Waals surface area contributed by atoms with E-state index in [9.17, 15) is 0 Å². The number of hydrogen-bond donors (Lipinski definition) is 1. The van der Waals surface area contributed by atoms with E-state index in [-0.39, 0.29) is 5.95 Å². The second kappa shape index (κ2) is 5.73. The zero-order valence-electron chi connectivity index (χ0n) is 15.2. The summed E-state index contributed by atoms with van der Waals surface area (Å²) in [6.45, 7) is 4.31. The lowest BCUT2D eigenvalue weighted by atomic mass is 9.52. The zero-order valence-corrected chi connectivity index (χ0v) is 15.2. The summed E-state index contributed by atoms with van der Waals surface area (Å²) in [6.07, 6.45) is 8.89. The summed E-state index contributed by atoms with van der Waals surface area (Å²) in [5, 5.41) is 0. The lowest BCUT2D eigenvalue weighted by Crippen LogP contribution is -2.64. The first-order valence-electron chi connectivity index (χ1n) is 9.82. The van der Waals surface area contributed by atoms with Crippen molar-refractivity contribution in [3.8, 4) is 5.88 Å². The SMILES string of the molecule is COc1cc(N2CCN(C34CC5CC(CC(C5)C3)C4)CC2)nc(N)n1. The van der Waals surface area contributed by atoms with E-state index in [1.54, 1.807) is 7.11 Å². The second-order valence-electron chi connectivity index (χ2n) is 8.74. The van der Waals surface area contributed by atoms with Gasteiger partial charge in [-0.25, -0.2) is 0 Å². The first-order chi connectivity index (χ1) is 12.1. The molecule has 0 spiro atoms. The summed E-state index contributed by atoms with van der Waals surface area (Å²) in [6, 6.07) is 1.90. The van der Waals surface area contributed by atoms with Crippen molar-refractivity contribution in [3.05, 3.63) is 6.07 Å². The Morgan fingerprint density at radius 3 is 2.16 bits per heavy atom. The molecule has 0 aromatic carbocycles. The van der Waals surface area contributed by atoms with E-state index in [2.05, 4.69) is 19.8 Å². The van der Waals surface area contributed by atoms with E-state index in [0.717, 1.165) is 49.8 Å². The Hall–Kier alpha value is -1.56. The Bertz CT molecular complexity index is 620. The second-order valence-corrected chi connectivity index (χ2v) is 8.74. The molecule has 0 unspecified atom stereocenters. The van der Waals surface area contributed by atoms with Crippen LogP contribution in [0.4, 0.5) is 11.8 Å². The van der Waals surface area contributed by atoms with E-state index >= 15 is 0 Å². The minimum Gasteiger partial charge on any atom is -0.481 e. The molecule has 6 nitrogen and oxygen atoms in total. The van der Waals surface area contributed by atoms with Gasteiger partial charge in [-0.1, -0.05) is 0 Å². The highest BCUT2D eigenvalue weighted by Gasteiger charge is 2.53. The largest absolute Gasteiger partial charge is 0.481 e. The molecule has 0 radical (unpaired) electrons. The molecule has 0 amide bonds. The average molecular weight is 343 g/mol. The topological polar surface area (TPSA) is 67.5 Å². The van der Waals surface area contributed by atoms with E-state index < -0.39 is 0 Å². The van der Waals surface area contributed by atoms with Gasteiger partial charge in [-0.15, -0.1) is 0 Å². The Balaban J connectivity index is 1.30. The minimum absolute atomic E-state index is 0.290. The highest BCUT2D eigenvalue weighted by molar-refractivity contribution is 5.46. The molecule has 1 aromatic rings. The van der Waals surface area contributed by atoms with E-state index in [1.807, 2.05) is 6.07 Å². The van der Waals surface area contributed by atoms with Crippen molar-refractivity contribution in [3.63, 3.8) is 0 Å². The van der Waals surface area contributed by atoms with Gasteiger partial charge in [0.15, 0.2) is 0 Å². The number of nitrogens with zero attached hydrogens (tertiary/aromatic N) is 4. The molecule has 0 atom stereocenters. The fourth-order valence-corrected chi connectivity index (χ4v) is 6.56. The molecule has 2 heterocycles. The zero-order chi connectivity index (χ0) is 17.0. The number of ether oxygens (including phenoxy) is 1. The molecule has 2 N–H and O–H groups in total. The maximum absolute atomic E-state index is 5.83. The monoisotopic (exact) mass is 343 g/mol.